The molecule has 7 nitrogen and oxygen atoms in total. The number of carboxylic acid groups (broad SMARTS) is 1. The van der Waals surface area contributed by atoms with Crippen molar-refractivity contribution < 1.29 is 19.4 Å². The van der Waals surface area contributed by atoms with Crippen molar-refractivity contribution in [1.82, 2.24) is 15.1 Å². The summed E-state index contributed by atoms with van der Waals surface area (Å²) in [6.07, 6.45) is 0. The van der Waals surface area contributed by atoms with Gasteiger partial charge in [0.2, 0.25) is 0 Å². The number of hydrogen-bond donors (Lipinski definition) is 2. The van der Waals surface area contributed by atoms with Crippen LogP contribution >= 0.6 is 0 Å². The lowest BCUT2D eigenvalue weighted by molar-refractivity contribution is -0.139. The van der Waals surface area contributed by atoms with E-state index in [0.29, 0.717) is 11.3 Å². The fourth-order valence-electron chi connectivity index (χ4n) is 1.96. The number of benzene rings is 1. The summed E-state index contributed by atoms with van der Waals surface area (Å²) in [7, 11) is 3.24. The number of aliphatic carboxylic acids is 1. The molecule has 1 aromatic carbocycles. The Kier molecular flexibility index (Phi) is 4.45. The monoisotopic (exact) mass is 303 g/mol. The maximum Gasteiger partial charge on any atom is 0.330 e. The SMILES string of the molecule is COc1ccc(C(NC(=O)c2cc(C)n(C)n2)C(=O)O)cc1. The second kappa shape index (κ2) is 6.30. The Bertz CT molecular complexity index is 672. The Morgan fingerprint density at radius 3 is 2.41 bits per heavy atom. The van der Waals surface area contributed by atoms with Crippen molar-refractivity contribution in [3.63, 3.8) is 0 Å². The van der Waals surface area contributed by atoms with Gasteiger partial charge in [-0.05, 0) is 30.7 Å². The van der Waals surface area contributed by atoms with E-state index in [1.54, 1.807) is 42.1 Å². The molecule has 2 aromatic rings. The minimum Gasteiger partial charge on any atom is -0.497 e. The molecule has 1 unspecified atom stereocenters. The lowest BCUT2D eigenvalue weighted by Crippen LogP contribution is -2.34. The summed E-state index contributed by atoms with van der Waals surface area (Å²) in [6.45, 7) is 1.81. The highest BCUT2D eigenvalue weighted by atomic mass is 16.5. The number of hydrogen-bond acceptors (Lipinski definition) is 4. The Morgan fingerprint density at radius 1 is 1.32 bits per heavy atom. The van der Waals surface area contributed by atoms with Gasteiger partial charge in [0.15, 0.2) is 6.04 Å². The van der Waals surface area contributed by atoms with Gasteiger partial charge >= 0.3 is 5.97 Å². The van der Waals surface area contributed by atoms with Crippen LogP contribution in [-0.4, -0.2) is 33.9 Å². The number of aryl methyl sites for hydroxylation is 2. The maximum absolute atomic E-state index is 12.1. The summed E-state index contributed by atoms with van der Waals surface area (Å²) < 4.78 is 6.58. The molecule has 116 valence electrons. The standard InChI is InChI=1S/C15H17N3O4/c1-9-8-12(17-18(9)2)14(19)16-13(15(20)21)10-4-6-11(22-3)7-5-10/h4-8,13H,1-3H3,(H,16,19)(H,20,21). The maximum atomic E-state index is 12.1. The van der Waals surface area contributed by atoms with Crippen LogP contribution in [0.5, 0.6) is 5.75 Å². The normalized spacial score (nSPS) is 11.8. The van der Waals surface area contributed by atoms with Crippen LogP contribution in [0.2, 0.25) is 0 Å². The number of rotatable bonds is 5. The summed E-state index contributed by atoms with van der Waals surface area (Å²) >= 11 is 0. The van der Waals surface area contributed by atoms with Crippen LogP contribution in [0.1, 0.15) is 27.8 Å². The third kappa shape index (κ3) is 3.25. The quantitative estimate of drug-likeness (QED) is 0.868. The third-order valence-corrected chi connectivity index (χ3v) is 3.32. The number of carbonyl (C=O) groups excluding carboxylic acids is 1. The Hall–Kier alpha value is -2.83. The van der Waals surface area contributed by atoms with E-state index in [1.165, 1.54) is 7.11 Å². The molecule has 0 radical (unpaired) electrons. The van der Waals surface area contributed by atoms with Gasteiger partial charge in [-0.2, -0.15) is 5.10 Å². The average Bonchev–Trinajstić information content (AvgIpc) is 2.84. The molecule has 0 bridgehead atoms. The molecule has 0 fully saturated rings. The van der Waals surface area contributed by atoms with Crippen LogP contribution in [0.25, 0.3) is 0 Å². The largest absolute Gasteiger partial charge is 0.497 e. The molecule has 2 N–H and O–H groups in total. The topological polar surface area (TPSA) is 93.5 Å². The number of carbonyl (C=O) groups is 2. The van der Waals surface area contributed by atoms with Crippen molar-refractivity contribution in [3.05, 3.63) is 47.3 Å². The molecule has 1 aromatic heterocycles. The van der Waals surface area contributed by atoms with E-state index in [-0.39, 0.29) is 5.69 Å². The number of nitrogens with one attached hydrogen (secondary N) is 1. The molecular formula is C15H17N3O4. The van der Waals surface area contributed by atoms with Crippen LogP contribution in [0, 0.1) is 6.92 Å². The van der Waals surface area contributed by atoms with E-state index in [4.69, 9.17) is 4.74 Å². The van der Waals surface area contributed by atoms with E-state index in [1.807, 2.05) is 6.92 Å². The zero-order valence-corrected chi connectivity index (χ0v) is 12.5. The first-order valence-corrected chi connectivity index (χ1v) is 6.60. The summed E-state index contributed by atoms with van der Waals surface area (Å²) in [5.74, 6) is -1.07. The van der Waals surface area contributed by atoms with Crippen molar-refractivity contribution in [2.45, 2.75) is 13.0 Å². The number of nitrogens with zero attached hydrogens (tertiary/aromatic N) is 2. The third-order valence-electron chi connectivity index (χ3n) is 3.32. The Morgan fingerprint density at radius 2 is 1.95 bits per heavy atom. The predicted molar refractivity (Wildman–Crippen MR) is 78.8 cm³/mol. The molecule has 7 heteroatoms. The second-order valence-corrected chi connectivity index (χ2v) is 4.81. The molecular weight excluding hydrogens is 286 g/mol. The van der Waals surface area contributed by atoms with Crippen LogP contribution in [-0.2, 0) is 11.8 Å². The zero-order valence-electron chi connectivity index (χ0n) is 12.5. The summed E-state index contributed by atoms with van der Waals surface area (Å²) in [5.41, 5.74) is 1.44. The predicted octanol–water partition coefficient (Wildman–Crippen LogP) is 1.29. The van der Waals surface area contributed by atoms with Crippen LogP contribution < -0.4 is 10.1 Å². The van der Waals surface area contributed by atoms with Gasteiger partial charge in [0, 0.05) is 12.7 Å². The first kappa shape index (κ1) is 15.6. The van der Waals surface area contributed by atoms with Gasteiger partial charge in [0.05, 0.1) is 7.11 Å². The number of amides is 1. The lowest BCUT2D eigenvalue weighted by Gasteiger charge is -2.14. The lowest BCUT2D eigenvalue weighted by atomic mass is 10.1. The molecule has 0 saturated carbocycles. The van der Waals surface area contributed by atoms with Gasteiger partial charge in [0.1, 0.15) is 11.4 Å². The molecule has 2 rings (SSSR count). The molecule has 0 aliphatic carbocycles. The van der Waals surface area contributed by atoms with Crippen LogP contribution in [0.15, 0.2) is 30.3 Å². The molecule has 0 saturated heterocycles. The number of ether oxygens (including phenoxy) is 1. The van der Waals surface area contributed by atoms with Gasteiger partial charge in [-0.1, -0.05) is 12.1 Å². The number of methoxy groups -OCH3 is 1. The highest BCUT2D eigenvalue weighted by molar-refractivity contribution is 5.95. The highest BCUT2D eigenvalue weighted by Gasteiger charge is 2.24. The summed E-state index contributed by atoms with van der Waals surface area (Å²) in [6, 6.07) is 6.93. The fraction of sp³-hybridized carbons (Fsp3) is 0.267. The van der Waals surface area contributed by atoms with E-state index in [0.717, 1.165) is 5.69 Å². The van der Waals surface area contributed by atoms with Crippen LogP contribution in [0.4, 0.5) is 0 Å². The molecule has 22 heavy (non-hydrogen) atoms. The Balaban J connectivity index is 2.21. The number of aromatic nitrogens is 2. The van der Waals surface area contributed by atoms with Gasteiger partial charge < -0.3 is 15.2 Å². The van der Waals surface area contributed by atoms with Gasteiger partial charge in [-0.3, -0.25) is 9.48 Å². The van der Waals surface area contributed by atoms with E-state index < -0.39 is 17.9 Å². The van der Waals surface area contributed by atoms with E-state index >= 15 is 0 Å². The van der Waals surface area contributed by atoms with Gasteiger partial charge in [-0.25, -0.2) is 4.79 Å². The first-order chi connectivity index (χ1) is 10.4. The summed E-state index contributed by atoms with van der Waals surface area (Å²) in [5, 5.41) is 15.8. The fourth-order valence-corrected chi connectivity index (χ4v) is 1.96. The van der Waals surface area contributed by atoms with Crippen molar-refractivity contribution in [1.29, 1.82) is 0 Å². The van der Waals surface area contributed by atoms with E-state index in [9.17, 15) is 14.7 Å². The number of carboxylic acids is 1. The van der Waals surface area contributed by atoms with Crippen molar-refractivity contribution >= 4 is 11.9 Å². The molecule has 1 amide bonds. The Labute approximate surface area is 127 Å². The smallest absolute Gasteiger partial charge is 0.330 e. The van der Waals surface area contributed by atoms with Gasteiger partial charge in [0.25, 0.3) is 5.91 Å². The average molecular weight is 303 g/mol. The first-order valence-electron chi connectivity index (χ1n) is 6.60. The summed E-state index contributed by atoms with van der Waals surface area (Å²) in [4.78, 5) is 23.6. The molecule has 0 aliphatic rings. The van der Waals surface area contributed by atoms with Crippen molar-refractivity contribution in [3.8, 4) is 5.75 Å². The molecule has 1 atom stereocenters. The second-order valence-electron chi connectivity index (χ2n) is 4.81. The van der Waals surface area contributed by atoms with Crippen LogP contribution in [0.3, 0.4) is 0 Å². The van der Waals surface area contributed by atoms with Gasteiger partial charge in [-0.15, -0.1) is 0 Å². The minimum atomic E-state index is -1.15. The molecule has 0 aliphatic heterocycles. The zero-order chi connectivity index (χ0) is 16.3. The van der Waals surface area contributed by atoms with E-state index in [2.05, 4.69) is 10.4 Å². The van der Waals surface area contributed by atoms with Crippen molar-refractivity contribution in [2.75, 3.05) is 7.11 Å². The van der Waals surface area contributed by atoms with Crippen molar-refractivity contribution in [2.24, 2.45) is 7.05 Å². The molecule has 1 heterocycles. The molecule has 0 spiro atoms. The highest BCUT2D eigenvalue weighted by Crippen LogP contribution is 2.18. The minimum absolute atomic E-state index is 0.180.